The normalized spacial score (nSPS) is 13.2. The van der Waals surface area contributed by atoms with Crippen molar-refractivity contribution >= 4 is 23.1 Å². The third kappa shape index (κ3) is 2.95. The highest BCUT2D eigenvalue weighted by atomic mass is 35.5. The summed E-state index contributed by atoms with van der Waals surface area (Å²) in [4.78, 5) is 9.44. The maximum atomic E-state index is 13.1. The van der Waals surface area contributed by atoms with Gasteiger partial charge in [-0.3, -0.25) is 10.1 Å². The van der Waals surface area contributed by atoms with E-state index in [1.54, 1.807) is 0 Å². The van der Waals surface area contributed by atoms with Crippen molar-refractivity contribution in [3.8, 4) is 0 Å². The zero-order valence-corrected chi connectivity index (χ0v) is 9.02. The molecule has 0 unspecified atom stereocenters. The van der Waals surface area contributed by atoms with Crippen molar-refractivity contribution in [3.05, 3.63) is 44.7 Å². The van der Waals surface area contributed by atoms with E-state index in [1.807, 2.05) is 0 Å². The average molecular weight is 288 g/mol. The van der Waals surface area contributed by atoms with Gasteiger partial charge in [-0.15, -0.1) is 0 Å². The van der Waals surface area contributed by atoms with Crippen molar-refractivity contribution in [2.45, 2.75) is 6.18 Å². The standard InChI is InChI=1S/C9H3ClF5NO2/c10-6-3-4(16(17)18)1-2-5(6)7(11)8(12)9(13,14)15/h1-3H/b8-7-. The van der Waals surface area contributed by atoms with Crippen molar-refractivity contribution in [1.82, 2.24) is 0 Å². The highest BCUT2D eigenvalue weighted by molar-refractivity contribution is 6.32. The molecule has 1 aromatic rings. The Kier molecular flexibility index (Phi) is 3.90. The molecule has 0 saturated heterocycles. The molecule has 18 heavy (non-hydrogen) atoms. The van der Waals surface area contributed by atoms with Crippen LogP contribution in [0, 0.1) is 10.1 Å². The summed E-state index contributed by atoms with van der Waals surface area (Å²) >= 11 is 5.35. The summed E-state index contributed by atoms with van der Waals surface area (Å²) in [6.45, 7) is 0. The molecule has 1 aromatic carbocycles. The number of hydrogen-bond donors (Lipinski definition) is 0. The van der Waals surface area contributed by atoms with Crippen molar-refractivity contribution in [1.29, 1.82) is 0 Å². The first-order chi connectivity index (χ1) is 8.14. The first-order valence-corrected chi connectivity index (χ1v) is 4.59. The summed E-state index contributed by atoms with van der Waals surface area (Å²) in [6, 6.07) is 1.94. The van der Waals surface area contributed by atoms with Gasteiger partial charge in [0, 0.05) is 17.7 Å². The van der Waals surface area contributed by atoms with Crippen LogP contribution in [-0.4, -0.2) is 11.1 Å². The van der Waals surface area contributed by atoms with Crippen LogP contribution in [0.4, 0.5) is 27.6 Å². The number of rotatable bonds is 2. The number of nitrogens with zero attached hydrogens (tertiary/aromatic N) is 1. The number of nitro groups is 1. The Morgan fingerprint density at radius 2 is 1.83 bits per heavy atom. The fourth-order valence-electron chi connectivity index (χ4n) is 1.04. The second-order valence-corrected chi connectivity index (χ2v) is 3.45. The molecule has 0 aliphatic heterocycles. The first kappa shape index (κ1) is 14.4. The second-order valence-electron chi connectivity index (χ2n) is 3.05. The van der Waals surface area contributed by atoms with Crippen LogP contribution in [0.5, 0.6) is 0 Å². The van der Waals surface area contributed by atoms with Crippen LogP contribution in [-0.2, 0) is 0 Å². The fraction of sp³-hybridized carbons (Fsp3) is 0.111. The summed E-state index contributed by atoms with van der Waals surface area (Å²) in [5.74, 6) is -5.17. The molecule has 0 spiro atoms. The lowest BCUT2D eigenvalue weighted by atomic mass is 10.1. The van der Waals surface area contributed by atoms with Crippen LogP contribution in [0.25, 0.3) is 5.83 Å². The van der Waals surface area contributed by atoms with Crippen LogP contribution >= 0.6 is 11.6 Å². The van der Waals surface area contributed by atoms with E-state index in [9.17, 15) is 32.1 Å². The van der Waals surface area contributed by atoms with Gasteiger partial charge in [0.1, 0.15) is 0 Å². The summed E-state index contributed by atoms with van der Waals surface area (Å²) in [5.41, 5.74) is -1.46. The second kappa shape index (κ2) is 4.89. The predicted molar refractivity (Wildman–Crippen MR) is 53.3 cm³/mol. The molecule has 0 amide bonds. The predicted octanol–water partition coefficient (Wildman–Crippen LogP) is 4.42. The highest BCUT2D eigenvalue weighted by Crippen LogP contribution is 2.37. The number of allylic oxidation sites excluding steroid dienone is 1. The zero-order chi connectivity index (χ0) is 14.1. The van der Waals surface area contributed by atoms with E-state index in [-0.39, 0.29) is 0 Å². The van der Waals surface area contributed by atoms with Gasteiger partial charge in [-0.25, -0.2) is 4.39 Å². The average Bonchev–Trinajstić information content (AvgIpc) is 2.25. The lowest BCUT2D eigenvalue weighted by molar-refractivity contribution is -0.384. The Labute approximate surface area is 102 Å². The monoisotopic (exact) mass is 287 g/mol. The molecular formula is C9H3ClF5NO2. The number of alkyl halides is 3. The van der Waals surface area contributed by atoms with E-state index in [2.05, 4.69) is 0 Å². The molecule has 0 heterocycles. The number of nitro benzene ring substituents is 1. The third-order valence-corrected chi connectivity index (χ3v) is 2.15. The molecule has 0 aliphatic carbocycles. The first-order valence-electron chi connectivity index (χ1n) is 4.21. The minimum Gasteiger partial charge on any atom is -0.258 e. The van der Waals surface area contributed by atoms with Gasteiger partial charge in [0.25, 0.3) is 5.69 Å². The van der Waals surface area contributed by atoms with Gasteiger partial charge in [0.15, 0.2) is 5.83 Å². The fourth-order valence-corrected chi connectivity index (χ4v) is 1.30. The number of non-ortho nitro benzene ring substituents is 1. The van der Waals surface area contributed by atoms with Gasteiger partial charge < -0.3 is 0 Å². The van der Waals surface area contributed by atoms with Crippen molar-refractivity contribution in [2.24, 2.45) is 0 Å². The maximum Gasteiger partial charge on any atom is 0.445 e. The van der Waals surface area contributed by atoms with Crippen LogP contribution in [0.15, 0.2) is 24.0 Å². The Morgan fingerprint density at radius 1 is 1.28 bits per heavy atom. The van der Waals surface area contributed by atoms with Crippen LogP contribution in [0.1, 0.15) is 5.56 Å². The molecule has 0 N–H and O–H groups in total. The number of halogens is 6. The van der Waals surface area contributed by atoms with E-state index >= 15 is 0 Å². The number of benzene rings is 1. The molecule has 9 heteroatoms. The van der Waals surface area contributed by atoms with E-state index < -0.39 is 39.0 Å². The molecule has 0 bridgehead atoms. The summed E-state index contributed by atoms with van der Waals surface area (Å²) in [7, 11) is 0. The van der Waals surface area contributed by atoms with Gasteiger partial charge in [0.2, 0.25) is 5.83 Å². The lowest BCUT2D eigenvalue weighted by Gasteiger charge is -2.06. The molecule has 3 nitrogen and oxygen atoms in total. The quantitative estimate of drug-likeness (QED) is 0.459. The molecule has 0 radical (unpaired) electrons. The topological polar surface area (TPSA) is 43.1 Å². The minimum atomic E-state index is -5.49. The lowest BCUT2D eigenvalue weighted by Crippen LogP contribution is -2.09. The van der Waals surface area contributed by atoms with Gasteiger partial charge >= 0.3 is 6.18 Å². The summed E-state index contributed by atoms with van der Waals surface area (Å²) < 4.78 is 61.5. The van der Waals surface area contributed by atoms with Crippen LogP contribution in [0.3, 0.4) is 0 Å². The SMILES string of the molecule is O=[N+]([O-])c1ccc(/C(F)=C(/F)C(F)(F)F)c(Cl)c1. The van der Waals surface area contributed by atoms with Crippen LogP contribution in [0.2, 0.25) is 5.02 Å². The van der Waals surface area contributed by atoms with Gasteiger partial charge in [0.05, 0.1) is 9.95 Å². The largest absolute Gasteiger partial charge is 0.445 e. The Morgan fingerprint density at radius 3 is 2.22 bits per heavy atom. The molecular weight excluding hydrogens is 285 g/mol. The van der Waals surface area contributed by atoms with Crippen molar-refractivity contribution in [3.63, 3.8) is 0 Å². The minimum absolute atomic E-state index is 0.552. The van der Waals surface area contributed by atoms with E-state index in [0.29, 0.717) is 18.2 Å². The molecule has 0 fully saturated rings. The highest BCUT2D eigenvalue weighted by Gasteiger charge is 2.39. The van der Waals surface area contributed by atoms with Crippen molar-refractivity contribution in [2.75, 3.05) is 0 Å². The van der Waals surface area contributed by atoms with Crippen LogP contribution < -0.4 is 0 Å². The van der Waals surface area contributed by atoms with Gasteiger partial charge in [-0.1, -0.05) is 11.6 Å². The molecule has 0 saturated carbocycles. The molecule has 1 rings (SSSR count). The Bertz CT molecular complexity index is 526. The zero-order valence-electron chi connectivity index (χ0n) is 8.26. The van der Waals surface area contributed by atoms with Crippen molar-refractivity contribution < 1.29 is 26.9 Å². The Hall–Kier alpha value is -1.70. The van der Waals surface area contributed by atoms with E-state index in [0.717, 1.165) is 0 Å². The molecule has 0 atom stereocenters. The maximum absolute atomic E-state index is 13.1. The summed E-state index contributed by atoms with van der Waals surface area (Å²) in [6.07, 6.45) is -5.49. The molecule has 0 aliphatic rings. The summed E-state index contributed by atoms with van der Waals surface area (Å²) in [5, 5.41) is 9.62. The molecule has 98 valence electrons. The van der Waals surface area contributed by atoms with E-state index in [4.69, 9.17) is 11.6 Å². The number of hydrogen-bond acceptors (Lipinski definition) is 2. The van der Waals surface area contributed by atoms with Gasteiger partial charge in [-0.05, 0) is 6.07 Å². The van der Waals surface area contributed by atoms with E-state index in [1.165, 1.54) is 0 Å². The Balaban J connectivity index is 3.32. The molecule has 0 aromatic heterocycles. The smallest absolute Gasteiger partial charge is 0.258 e. The third-order valence-electron chi connectivity index (χ3n) is 1.84. The van der Waals surface area contributed by atoms with Gasteiger partial charge in [-0.2, -0.15) is 17.6 Å².